The van der Waals surface area contributed by atoms with Crippen molar-refractivity contribution in [2.45, 2.75) is 6.42 Å². The average molecular weight is 131 g/mol. The maximum Gasteiger partial charge on any atom is 1.00 e. The molecule has 0 aromatic heterocycles. The van der Waals surface area contributed by atoms with Crippen LogP contribution in [0.1, 0.15) is 7.85 Å². The minimum absolute atomic E-state index is 0. The maximum atomic E-state index is 3.69. The van der Waals surface area contributed by atoms with Crippen LogP contribution in [0.5, 0.6) is 0 Å². The predicted molar refractivity (Wildman–Crippen MR) is 41.5 cm³/mol. The molecule has 1 heterocycles. The van der Waals surface area contributed by atoms with E-state index in [0.29, 0.717) is 0 Å². The molecule has 52 valence electrons. The molecule has 1 rings (SSSR count). The maximum absolute atomic E-state index is 3.69. The Kier molecular flexibility index (Phi) is 5.82. The van der Waals surface area contributed by atoms with E-state index in [9.17, 15) is 0 Å². The van der Waals surface area contributed by atoms with Gasteiger partial charge < -0.3 is 1.43 Å². The SMILES string of the molecule is C=CCN1CC=CCC1.[H-].[Li+]. The van der Waals surface area contributed by atoms with Crippen LogP contribution in [-0.2, 0) is 0 Å². The Morgan fingerprint density at radius 3 is 2.90 bits per heavy atom. The molecule has 0 N–H and O–H groups in total. The Hall–Kier alpha value is 0.0374. The van der Waals surface area contributed by atoms with Gasteiger partial charge in [0.05, 0.1) is 0 Å². The first-order chi connectivity index (χ1) is 4.43. The summed E-state index contributed by atoms with van der Waals surface area (Å²) in [6.07, 6.45) is 7.61. The van der Waals surface area contributed by atoms with E-state index in [4.69, 9.17) is 0 Å². The Bertz CT molecular complexity index is 125. The van der Waals surface area contributed by atoms with E-state index in [1.54, 1.807) is 0 Å². The van der Waals surface area contributed by atoms with E-state index >= 15 is 0 Å². The molecule has 0 saturated carbocycles. The molecule has 0 bridgehead atoms. The molecule has 2 heteroatoms. The molecule has 0 saturated heterocycles. The van der Waals surface area contributed by atoms with Crippen molar-refractivity contribution in [3.8, 4) is 0 Å². The van der Waals surface area contributed by atoms with Crippen LogP contribution < -0.4 is 18.9 Å². The summed E-state index contributed by atoms with van der Waals surface area (Å²) >= 11 is 0. The van der Waals surface area contributed by atoms with Gasteiger partial charge in [-0.05, 0) is 6.42 Å². The summed E-state index contributed by atoms with van der Waals surface area (Å²) in [7, 11) is 0. The average Bonchev–Trinajstić information content (AvgIpc) is 1.91. The van der Waals surface area contributed by atoms with E-state index in [-0.39, 0.29) is 20.3 Å². The summed E-state index contributed by atoms with van der Waals surface area (Å²) < 4.78 is 0. The van der Waals surface area contributed by atoms with Gasteiger partial charge in [0.2, 0.25) is 0 Å². The van der Waals surface area contributed by atoms with Crippen LogP contribution in [0, 0.1) is 0 Å². The van der Waals surface area contributed by atoms with E-state index in [1.807, 2.05) is 6.08 Å². The molecule has 1 aliphatic rings. The second-order valence-corrected chi connectivity index (χ2v) is 2.31. The summed E-state index contributed by atoms with van der Waals surface area (Å²) in [6, 6.07) is 0. The van der Waals surface area contributed by atoms with Gasteiger partial charge in [0, 0.05) is 19.6 Å². The second-order valence-electron chi connectivity index (χ2n) is 2.31. The molecular weight excluding hydrogens is 117 g/mol. The zero-order chi connectivity index (χ0) is 6.53. The first-order valence-corrected chi connectivity index (χ1v) is 3.42. The fraction of sp³-hybridized carbons (Fsp3) is 0.500. The van der Waals surface area contributed by atoms with E-state index in [2.05, 4.69) is 23.6 Å². The van der Waals surface area contributed by atoms with E-state index < -0.39 is 0 Å². The quantitative estimate of drug-likeness (QED) is 0.327. The molecule has 1 nitrogen and oxygen atoms in total. The van der Waals surface area contributed by atoms with Gasteiger partial charge in [0.1, 0.15) is 0 Å². The van der Waals surface area contributed by atoms with Crippen molar-refractivity contribution < 1.29 is 20.3 Å². The van der Waals surface area contributed by atoms with Crippen LogP contribution in [0.3, 0.4) is 0 Å². The first-order valence-electron chi connectivity index (χ1n) is 3.42. The molecule has 0 fully saturated rings. The topological polar surface area (TPSA) is 3.24 Å². The summed E-state index contributed by atoms with van der Waals surface area (Å²) in [4.78, 5) is 2.37. The Morgan fingerprint density at radius 2 is 2.40 bits per heavy atom. The third-order valence-corrected chi connectivity index (χ3v) is 1.53. The van der Waals surface area contributed by atoms with Gasteiger partial charge in [0.15, 0.2) is 0 Å². The predicted octanol–water partition coefficient (Wildman–Crippen LogP) is -1.45. The zero-order valence-corrected chi connectivity index (χ0v) is 6.71. The van der Waals surface area contributed by atoms with Crippen molar-refractivity contribution >= 4 is 0 Å². The van der Waals surface area contributed by atoms with Gasteiger partial charge in [-0.3, -0.25) is 4.90 Å². The number of hydrogen-bond acceptors (Lipinski definition) is 1. The van der Waals surface area contributed by atoms with Gasteiger partial charge in [-0.15, -0.1) is 6.58 Å². The van der Waals surface area contributed by atoms with E-state index in [0.717, 1.165) is 13.1 Å². The monoisotopic (exact) mass is 131 g/mol. The van der Waals surface area contributed by atoms with Crippen LogP contribution >= 0.6 is 0 Å². The molecule has 0 spiro atoms. The summed E-state index contributed by atoms with van der Waals surface area (Å²) in [6.45, 7) is 7.02. The van der Waals surface area contributed by atoms with Crippen LogP contribution in [0.25, 0.3) is 0 Å². The molecular formula is C8H14LiN. The molecule has 1 aliphatic heterocycles. The zero-order valence-electron chi connectivity index (χ0n) is 7.71. The van der Waals surface area contributed by atoms with Crippen molar-refractivity contribution in [1.29, 1.82) is 0 Å². The molecule has 0 atom stereocenters. The van der Waals surface area contributed by atoms with E-state index in [1.165, 1.54) is 13.0 Å². The van der Waals surface area contributed by atoms with Crippen LogP contribution in [-0.4, -0.2) is 24.5 Å². The van der Waals surface area contributed by atoms with Gasteiger partial charge in [-0.25, -0.2) is 0 Å². The van der Waals surface area contributed by atoms with Crippen molar-refractivity contribution in [1.82, 2.24) is 4.90 Å². The molecule has 10 heavy (non-hydrogen) atoms. The minimum atomic E-state index is 0. The van der Waals surface area contributed by atoms with Gasteiger partial charge in [-0.2, -0.15) is 0 Å². The van der Waals surface area contributed by atoms with Crippen LogP contribution in [0.15, 0.2) is 24.8 Å². The van der Waals surface area contributed by atoms with Crippen molar-refractivity contribution in [2.24, 2.45) is 0 Å². The van der Waals surface area contributed by atoms with Gasteiger partial charge >= 0.3 is 18.9 Å². The number of rotatable bonds is 2. The van der Waals surface area contributed by atoms with Crippen LogP contribution in [0.4, 0.5) is 0 Å². The standard InChI is InChI=1S/C8H13N.Li.H/c1-2-6-9-7-4-3-5-8-9;;/h2-4H,1,5-8H2;;/q;+1;-1. The first kappa shape index (κ1) is 10.0. The summed E-state index contributed by atoms with van der Waals surface area (Å²) in [5.74, 6) is 0. The molecule has 0 amide bonds. The Labute approximate surface area is 76.5 Å². The van der Waals surface area contributed by atoms with Crippen LogP contribution in [0.2, 0.25) is 0 Å². The van der Waals surface area contributed by atoms with Gasteiger partial charge in [-0.1, -0.05) is 18.2 Å². The Morgan fingerprint density at radius 1 is 1.60 bits per heavy atom. The third-order valence-electron chi connectivity index (χ3n) is 1.53. The Balaban J connectivity index is 0. The summed E-state index contributed by atoms with van der Waals surface area (Å²) in [5.41, 5.74) is 0. The molecule has 0 aliphatic carbocycles. The fourth-order valence-electron chi connectivity index (χ4n) is 1.04. The summed E-state index contributed by atoms with van der Waals surface area (Å²) in [5, 5.41) is 0. The number of hydrogen-bond donors (Lipinski definition) is 0. The molecule has 0 unspecified atom stereocenters. The smallest absolute Gasteiger partial charge is 1.00 e. The fourth-order valence-corrected chi connectivity index (χ4v) is 1.04. The van der Waals surface area contributed by atoms with Crippen molar-refractivity contribution in [2.75, 3.05) is 19.6 Å². The number of nitrogens with zero attached hydrogens (tertiary/aromatic N) is 1. The van der Waals surface area contributed by atoms with Gasteiger partial charge in [0.25, 0.3) is 0 Å². The van der Waals surface area contributed by atoms with Crippen molar-refractivity contribution in [3.05, 3.63) is 24.8 Å². The molecule has 0 aromatic carbocycles. The minimum Gasteiger partial charge on any atom is -1.00 e. The third kappa shape index (κ3) is 3.27. The normalized spacial score (nSPS) is 18.0. The van der Waals surface area contributed by atoms with Crippen molar-refractivity contribution in [3.63, 3.8) is 0 Å². The largest absolute Gasteiger partial charge is 1.00 e. The molecule has 0 radical (unpaired) electrons. The second kappa shape index (κ2) is 5.79. The molecule has 0 aromatic rings.